The minimum absolute atomic E-state index is 0.107. The van der Waals surface area contributed by atoms with Crippen LogP contribution in [0.3, 0.4) is 0 Å². The van der Waals surface area contributed by atoms with E-state index in [-0.39, 0.29) is 12.7 Å². The second-order valence-corrected chi connectivity index (χ2v) is 6.33. The Kier molecular flexibility index (Phi) is 5.03. The molecule has 0 saturated carbocycles. The van der Waals surface area contributed by atoms with Crippen LogP contribution < -0.4 is 0 Å². The van der Waals surface area contributed by atoms with Crippen LogP contribution >= 0.6 is 11.3 Å². The van der Waals surface area contributed by atoms with E-state index in [4.69, 9.17) is 9.84 Å². The molecule has 0 radical (unpaired) electrons. The van der Waals surface area contributed by atoms with E-state index in [0.29, 0.717) is 6.61 Å². The molecule has 2 aromatic rings. The first kappa shape index (κ1) is 14.7. The first-order chi connectivity index (χ1) is 10.3. The number of nitrogens with zero attached hydrogens (tertiary/aromatic N) is 3. The fourth-order valence-electron chi connectivity index (χ4n) is 2.73. The largest absolute Gasteiger partial charge is 0.394 e. The highest BCUT2D eigenvalue weighted by Crippen LogP contribution is 2.22. The van der Waals surface area contributed by atoms with Gasteiger partial charge in [-0.1, -0.05) is 0 Å². The SMILES string of the molecule is OCCOC1CCCN(Cc2cc(-n3ccnc3)cs2)C1. The first-order valence-corrected chi connectivity index (χ1v) is 8.23. The summed E-state index contributed by atoms with van der Waals surface area (Å²) in [6.07, 6.45) is 8.11. The minimum atomic E-state index is 0.107. The summed E-state index contributed by atoms with van der Waals surface area (Å²) in [5, 5.41) is 11.0. The van der Waals surface area contributed by atoms with E-state index in [1.807, 2.05) is 17.1 Å². The van der Waals surface area contributed by atoms with Crippen molar-refractivity contribution in [3.8, 4) is 5.69 Å². The summed E-state index contributed by atoms with van der Waals surface area (Å²) in [6, 6.07) is 2.23. The van der Waals surface area contributed by atoms with Gasteiger partial charge in [-0.2, -0.15) is 0 Å². The molecule has 2 aromatic heterocycles. The Labute approximate surface area is 128 Å². The van der Waals surface area contributed by atoms with Gasteiger partial charge in [-0.3, -0.25) is 4.90 Å². The molecule has 114 valence electrons. The summed E-state index contributed by atoms with van der Waals surface area (Å²) in [5.74, 6) is 0. The maximum atomic E-state index is 8.85. The maximum Gasteiger partial charge on any atom is 0.0991 e. The number of piperidine rings is 1. The summed E-state index contributed by atoms with van der Waals surface area (Å²) < 4.78 is 7.69. The van der Waals surface area contributed by atoms with Gasteiger partial charge in [0.25, 0.3) is 0 Å². The van der Waals surface area contributed by atoms with Crippen molar-refractivity contribution in [3.05, 3.63) is 35.0 Å². The lowest BCUT2D eigenvalue weighted by Crippen LogP contribution is -2.39. The second-order valence-electron chi connectivity index (χ2n) is 5.33. The number of hydrogen-bond donors (Lipinski definition) is 1. The molecule has 3 rings (SSSR count). The number of ether oxygens (including phenoxy) is 1. The molecular weight excluding hydrogens is 286 g/mol. The van der Waals surface area contributed by atoms with Crippen LogP contribution in [0.1, 0.15) is 17.7 Å². The zero-order valence-electron chi connectivity index (χ0n) is 12.0. The van der Waals surface area contributed by atoms with E-state index in [2.05, 4.69) is 21.3 Å². The van der Waals surface area contributed by atoms with Crippen LogP contribution in [0.2, 0.25) is 0 Å². The number of likely N-dealkylation sites (tertiary alicyclic amines) is 1. The number of thiophene rings is 1. The lowest BCUT2D eigenvalue weighted by Gasteiger charge is -2.32. The Hall–Kier alpha value is -1.21. The topological polar surface area (TPSA) is 50.5 Å². The molecule has 1 aliphatic heterocycles. The van der Waals surface area contributed by atoms with Crippen LogP contribution in [-0.4, -0.2) is 52.0 Å². The zero-order valence-corrected chi connectivity index (χ0v) is 12.8. The lowest BCUT2D eigenvalue weighted by molar-refractivity contribution is -0.0161. The Morgan fingerprint density at radius 2 is 2.43 bits per heavy atom. The van der Waals surface area contributed by atoms with Gasteiger partial charge in [0.2, 0.25) is 0 Å². The highest BCUT2D eigenvalue weighted by molar-refractivity contribution is 7.10. The number of aliphatic hydroxyl groups excluding tert-OH is 1. The standard InChI is InChI=1S/C15H21N3O2S/c19-6-7-20-14-2-1-4-17(9-14)10-15-8-13(11-21-15)18-5-3-16-12-18/h3,5,8,11-12,14,19H,1-2,4,6-7,9-10H2. The summed E-state index contributed by atoms with van der Waals surface area (Å²) >= 11 is 1.79. The monoisotopic (exact) mass is 307 g/mol. The van der Waals surface area contributed by atoms with Gasteiger partial charge in [0, 0.05) is 35.7 Å². The van der Waals surface area contributed by atoms with Gasteiger partial charge < -0.3 is 14.4 Å². The molecule has 0 amide bonds. The van der Waals surface area contributed by atoms with Crippen molar-refractivity contribution in [3.63, 3.8) is 0 Å². The summed E-state index contributed by atoms with van der Waals surface area (Å²) in [6.45, 7) is 3.60. The molecule has 3 heterocycles. The number of hydrogen-bond acceptors (Lipinski definition) is 5. The van der Waals surface area contributed by atoms with Crippen LogP contribution in [0, 0.1) is 0 Å². The Balaban J connectivity index is 1.56. The zero-order chi connectivity index (χ0) is 14.5. The van der Waals surface area contributed by atoms with E-state index >= 15 is 0 Å². The average molecular weight is 307 g/mol. The van der Waals surface area contributed by atoms with Crippen LogP contribution in [0.4, 0.5) is 0 Å². The first-order valence-electron chi connectivity index (χ1n) is 7.35. The summed E-state index contributed by atoms with van der Waals surface area (Å²) in [4.78, 5) is 7.88. The second kappa shape index (κ2) is 7.17. The molecule has 1 unspecified atom stereocenters. The molecule has 1 fully saturated rings. The Morgan fingerprint density at radius 3 is 3.24 bits per heavy atom. The van der Waals surface area contributed by atoms with Crippen molar-refractivity contribution in [2.75, 3.05) is 26.3 Å². The third kappa shape index (κ3) is 3.91. The molecule has 0 aromatic carbocycles. The van der Waals surface area contributed by atoms with Gasteiger partial charge >= 0.3 is 0 Å². The lowest BCUT2D eigenvalue weighted by atomic mass is 10.1. The summed E-state index contributed by atoms with van der Waals surface area (Å²) in [7, 11) is 0. The van der Waals surface area contributed by atoms with Crippen LogP contribution in [0.5, 0.6) is 0 Å². The normalized spacial score (nSPS) is 20.0. The van der Waals surface area contributed by atoms with Gasteiger partial charge in [0.15, 0.2) is 0 Å². The Morgan fingerprint density at radius 1 is 1.48 bits per heavy atom. The molecular formula is C15H21N3O2S. The van der Waals surface area contributed by atoms with Gasteiger partial charge in [-0.25, -0.2) is 4.98 Å². The molecule has 1 aliphatic rings. The highest BCUT2D eigenvalue weighted by Gasteiger charge is 2.20. The molecule has 0 spiro atoms. The average Bonchev–Trinajstić information content (AvgIpc) is 3.16. The molecule has 21 heavy (non-hydrogen) atoms. The van der Waals surface area contributed by atoms with Crippen molar-refractivity contribution in [2.45, 2.75) is 25.5 Å². The van der Waals surface area contributed by atoms with Crippen molar-refractivity contribution in [2.24, 2.45) is 0 Å². The molecule has 5 nitrogen and oxygen atoms in total. The number of imidazole rings is 1. The van der Waals surface area contributed by atoms with E-state index in [1.165, 1.54) is 10.6 Å². The molecule has 1 atom stereocenters. The fourth-order valence-corrected chi connectivity index (χ4v) is 3.64. The van der Waals surface area contributed by atoms with Crippen molar-refractivity contribution < 1.29 is 9.84 Å². The third-order valence-corrected chi connectivity index (χ3v) is 4.64. The predicted octanol–water partition coefficient (Wildman–Crippen LogP) is 1.91. The van der Waals surface area contributed by atoms with E-state index in [9.17, 15) is 0 Å². The van der Waals surface area contributed by atoms with Crippen molar-refractivity contribution >= 4 is 11.3 Å². The van der Waals surface area contributed by atoms with Crippen molar-refractivity contribution in [1.82, 2.24) is 14.5 Å². The smallest absolute Gasteiger partial charge is 0.0991 e. The van der Waals surface area contributed by atoms with E-state index in [0.717, 1.165) is 32.5 Å². The number of aromatic nitrogens is 2. The van der Waals surface area contributed by atoms with Gasteiger partial charge in [-0.15, -0.1) is 11.3 Å². The van der Waals surface area contributed by atoms with E-state index in [1.54, 1.807) is 17.5 Å². The molecule has 0 bridgehead atoms. The van der Waals surface area contributed by atoms with Crippen LogP contribution in [-0.2, 0) is 11.3 Å². The molecule has 1 N–H and O–H groups in total. The molecule has 6 heteroatoms. The maximum absolute atomic E-state index is 8.85. The fraction of sp³-hybridized carbons (Fsp3) is 0.533. The Bertz CT molecular complexity index is 541. The molecule has 1 saturated heterocycles. The quantitative estimate of drug-likeness (QED) is 0.886. The van der Waals surface area contributed by atoms with Gasteiger partial charge in [-0.05, 0) is 25.5 Å². The molecule has 0 aliphatic carbocycles. The van der Waals surface area contributed by atoms with Crippen molar-refractivity contribution in [1.29, 1.82) is 0 Å². The predicted molar refractivity (Wildman–Crippen MR) is 82.8 cm³/mol. The van der Waals surface area contributed by atoms with E-state index < -0.39 is 0 Å². The van der Waals surface area contributed by atoms with Crippen LogP contribution in [0.25, 0.3) is 5.69 Å². The van der Waals surface area contributed by atoms with Gasteiger partial charge in [0.1, 0.15) is 0 Å². The highest BCUT2D eigenvalue weighted by atomic mass is 32.1. The number of rotatable bonds is 6. The minimum Gasteiger partial charge on any atom is -0.394 e. The van der Waals surface area contributed by atoms with Crippen LogP contribution in [0.15, 0.2) is 30.2 Å². The summed E-state index contributed by atoms with van der Waals surface area (Å²) in [5.41, 5.74) is 1.18. The number of aliphatic hydroxyl groups is 1. The van der Waals surface area contributed by atoms with Gasteiger partial charge in [0.05, 0.1) is 31.3 Å². The third-order valence-electron chi connectivity index (χ3n) is 3.73.